The summed E-state index contributed by atoms with van der Waals surface area (Å²) in [5.41, 5.74) is 2.59. The van der Waals surface area contributed by atoms with Crippen LogP contribution in [0.1, 0.15) is 37.7 Å². The lowest BCUT2D eigenvalue weighted by Gasteiger charge is -2.20. The number of hydrogen-bond donors (Lipinski definition) is 2. The van der Waals surface area contributed by atoms with Crippen LogP contribution in [0, 0.1) is 0 Å². The summed E-state index contributed by atoms with van der Waals surface area (Å²) in [6.45, 7) is 5.63. The predicted octanol–water partition coefficient (Wildman–Crippen LogP) is 2.73. The minimum Gasteiger partial charge on any atom is -0.378 e. The van der Waals surface area contributed by atoms with E-state index in [1.54, 1.807) is 0 Å². The van der Waals surface area contributed by atoms with Crippen LogP contribution in [-0.2, 0) is 6.42 Å². The van der Waals surface area contributed by atoms with E-state index in [9.17, 15) is 0 Å². The molecular weight excluding hydrogens is 322 g/mol. The lowest BCUT2D eigenvalue weighted by Crippen LogP contribution is -2.39. The van der Waals surface area contributed by atoms with Gasteiger partial charge in [0.05, 0.1) is 0 Å². The van der Waals surface area contributed by atoms with Gasteiger partial charge in [-0.3, -0.25) is 4.99 Å². The zero-order valence-corrected chi connectivity index (χ0v) is 16.9. The Balaban J connectivity index is 1.60. The summed E-state index contributed by atoms with van der Waals surface area (Å²) in [5.74, 6) is 0.908. The summed E-state index contributed by atoms with van der Waals surface area (Å²) in [6.07, 6.45) is 7.72. The number of aliphatic imine (C=N–C) groups is 1. The molecular formula is C21H37N5. The Morgan fingerprint density at radius 2 is 1.65 bits per heavy atom. The molecule has 0 unspecified atom stereocenters. The van der Waals surface area contributed by atoms with Gasteiger partial charge in [0.2, 0.25) is 0 Å². The maximum atomic E-state index is 4.33. The van der Waals surface area contributed by atoms with Gasteiger partial charge in [-0.05, 0) is 63.0 Å². The second-order valence-corrected chi connectivity index (χ2v) is 7.35. The zero-order chi connectivity index (χ0) is 18.6. The summed E-state index contributed by atoms with van der Waals surface area (Å²) in [6, 6.07) is 8.75. The fourth-order valence-electron chi connectivity index (χ4n) is 3.38. The third kappa shape index (κ3) is 7.65. The molecule has 2 rings (SSSR count). The highest BCUT2D eigenvalue weighted by Crippen LogP contribution is 2.12. The standard InChI is InChI=1S/C21H37N5/c1-22-21(23-14-8-18-26-16-6-4-5-7-17-26)24-15-13-19-9-11-20(12-10-19)25(2)3/h9-12H,4-8,13-18H2,1-3H3,(H2,22,23,24). The van der Waals surface area contributed by atoms with Gasteiger partial charge in [0.25, 0.3) is 0 Å². The van der Waals surface area contributed by atoms with Crippen LogP contribution in [0.15, 0.2) is 29.3 Å². The average molecular weight is 360 g/mol. The normalized spacial score (nSPS) is 16.2. The second-order valence-electron chi connectivity index (χ2n) is 7.35. The molecule has 1 saturated heterocycles. The van der Waals surface area contributed by atoms with Crippen molar-refractivity contribution in [3.8, 4) is 0 Å². The van der Waals surface area contributed by atoms with E-state index >= 15 is 0 Å². The molecule has 1 aromatic rings. The van der Waals surface area contributed by atoms with E-state index in [1.165, 1.54) is 63.0 Å². The first kappa shape index (κ1) is 20.6. The minimum absolute atomic E-state index is 0.896. The minimum atomic E-state index is 0.896. The number of benzene rings is 1. The van der Waals surface area contributed by atoms with E-state index in [2.05, 4.69) is 63.8 Å². The zero-order valence-electron chi connectivity index (χ0n) is 16.9. The van der Waals surface area contributed by atoms with Crippen LogP contribution in [0.4, 0.5) is 5.69 Å². The molecule has 1 aliphatic rings. The fourth-order valence-corrected chi connectivity index (χ4v) is 3.38. The molecule has 0 aliphatic carbocycles. The lowest BCUT2D eigenvalue weighted by molar-refractivity contribution is 0.282. The Hall–Kier alpha value is -1.75. The summed E-state index contributed by atoms with van der Waals surface area (Å²) < 4.78 is 0. The number of rotatable bonds is 8. The lowest BCUT2D eigenvalue weighted by atomic mass is 10.1. The molecule has 26 heavy (non-hydrogen) atoms. The van der Waals surface area contributed by atoms with Crippen molar-refractivity contribution in [2.24, 2.45) is 4.99 Å². The highest BCUT2D eigenvalue weighted by Gasteiger charge is 2.08. The van der Waals surface area contributed by atoms with Gasteiger partial charge < -0.3 is 20.4 Å². The quantitative estimate of drug-likeness (QED) is 0.425. The largest absolute Gasteiger partial charge is 0.378 e. The van der Waals surface area contributed by atoms with Crippen LogP contribution >= 0.6 is 0 Å². The summed E-state index contributed by atoms with van der Waals surface area (Å²) in [7, 11) is 5.98. The molecule has 2 N–H and O–H groups in total. The molecule has 5 heteroatoms. The van der Waals surface area contributed by atoms with Crippen molar-refractivity contribution in [3.63, 3.8) is 0 Å². The number of likely N-dealkylation sites (tertiary alicyclic amines) is 1. The van der Waals surface area contributed by atoms with Crippen LogP contribution in [0.2, 0.25) is 0 Å². The molecule has 0 saturated carbocycles. The molecule has 0 atom stereocenters. The molecule has 0 spiro atoms. The van der Waals surface area contributed by atoms with Crippen molar-refractivity contribution < 1.29 is 0 Å². The molecule has 1 heterocycles. The van der Waals surface area contributed by atoms with Crippen LogP contribution in [-0.4, -0.2) is 64.7 Å². The van der Waals surface area contributed by atoms with E-state index in [0.717, 1.165) is 25.5 Å². The monoisotopic (exact) mass is 359 g/mol. The topological polar surface area (TPSA) is 42.9 Å². The van der Waals surface area contributed by atoms with Crippen LogP contribution < -0.4 is 15.5 Å². The maximum absolute atomic E-state index is 4.33. The van der Waals surface area contributed by atoms with Crippen molar-refractivity contribution in [2.45, 2.75) is 38.5 Å². The first-order chi connectivity index (χ1) is 12.7. The van der Waals surface area contributed by atoms with Crippen molar-refractivity contribution >= 4 is 11.6 Å². The van der Waals surface area contributed by atoms with Gasteiger partial charge in [0.15, 0.2) is 5.96 Å². The molecule has 1 aliphatic heterocycles. The molecule has 1 aromatic carbocycles. The van der Waals surface area contributed by atoms with Crippen LogP contribution in [0.3, 0.4) is 0 Å². The van der Waals surface area contributed by atoms with Crippen LogP contribution in [0.25, 0.3) is 0 Å². The van der Waals surface area contributed by atoms with Gasteiger partial charge in [-0.1, -0.05) is 25.0 Å². The van der Waals surface area contributed by atoms with Crippen molar-refractivity contribution in [3.05, 3.63) is 29.8 Å². The smallest absolute Gasteiger partial charge is 0.190 e. The van der Waals surface area contributed by atoms with Crippen molar-refractivity contribution in [1.82, 2.24) is 15.5 Å². The van der Waals surface area contributed by atoms with Gasteiger partial charge in [-0.2, -0.15) is 0 Å². The fraction of sp³-hybridized carbons (Fsp3) is 0.667. The highest BCUT2D eigenvalue weighted by molar-refractivity contribution is 5.79. The molecule has 5 nitrogen and oxygen atoms in total. The Morgan fingerprint density at radius 3 is 2.27 bits per heavy atom. The number of nitrogens with one attached hydrogen (secondary N) is 2. The average Bonchev–Trinajstić information content (AvgIpc) is 2.93. The third-order valence-electron chi connectivity index (χ3n) is 5.02. The number of guanidine groups is 1. The molecule has 0 amide bonds. The van der Waals surface area contributed by atoms with Crippen molar-refractivity contribution in [1.29, 1.82) is 0 Å². The highest BCUT2D eigenvalue weighted by atomic mass is 15.2. The first-order valence-corrected chi connectivity index (χ1v) is 10.1. The van der Waals surface area contributed by atoms with E-state index in [-0.39, 0.29) is 0 Å². The van der Waals surface area contributed by atoms with E-state index in [0.29, 0.717) is 0 Å². The van der Waals surface area contributed by atoms with Gasteiger partial charge in [0.1, 0.15) is 0 Å². The Morgan fingerprint density at radius 1 is 1.00 bits per heavy atom. The maximum Gasteiger partial charge on any atom is 0.190 e. The van der Waals surface area contributed by atoms with Crippen LogP contribution in [0.5, 0.6) is 0 Å². The summed E-state index contributed by atoms with van der Waals surface area (Å²) in [5, 5.41) is 6.86. The van der Waals surface area contributed by atoms with Gasteiger partial charge in [-0.25, -0.2) is 0 Å². The Labute approximate surface area is 159 Å². The second kappa shape index (κ2) is 11.8. The predicted molar refractivity (Wildman–Crippen MR) is 113 cm³/mol. The van der Waals surface area contributed by atoms with Gasteiger partial charge in [-0.15, -0.1) is 0 Å². The summed E-state index contributed by atoms with van der Waals surface area (Å²) >= 11 is 0. The van der Waals surface area contributed by atoms with Gasteiger partial charge in [0, 0.05) is 39.9 Å². The van der Waals surface area contributed by atoms with Crippen molar-refractivity contribution in [2.75, 3.05) is 58.8 Å². The molecule has 1 fully saturated rings. The molecule has 146 valence electrons. The molecule has 0 bridgehead atoms. The Bertz CT molecular complexity index is 516. The summed E-state index contributed by atoms with van der Waals surface area (Å²) in [4.78, 5) is 9.07. The Kier molecular flexibility index (Phi) is 9.32. The van der Waals surface area contributed by atoms with E-state index in [1.807, 2.05) is 7.05 Å². The molecule has 0 radical (unpaired) electrons. The number of anilines is 1. The molecule has 0 aromatic heterocycles. The SMILES string of the molecule is CN=C(NCCCN1CCCCCC1)NCCc1ccc(N(C)C)cc1. The van der Waals surface area contributed by atoms with E-state index < -0.39 is 0 Å². The van der Waals surface area contributed by atoms with E-state index in [4.69, 9.17) is 0 Å². The first-order valence-electron chi connectivity index (χ1n) is 10.1. The van der Waals surface area contributed by atoms with Gasteiger partial charge >= 0.3 is 0 Å². The third-order valence-corrected chi connectivity index (χ3v) is 5.02. The number of nitrogens with zero attached hydrogens (tertiary/aromatic N) is 3. The number of hydrogen-bond acceptors (Lipinski definition) is 3.